The van der Waals surface area contributed by atoms with Crippen molar-refractivity contribution in [1.29, 1.82) is 0 Å². The molecule has 0 bridgehead atoms. The number of pyridine rings is 1. The fraction of sp³-hybridized carbons (Fsp3) is 0.300. The van der Waals surface area contributed by atoms with Crippen LogP contribution in [0.2, 0.25) is 0 Å². The molecule has 0 spiro atoms. The molecule has 0 aliphatic heterocycles. The molecule has 0 radical (unpaired) electrons. The molecule has 0 atom stereocenters. The van der Waals surface area contributed by atoms with Crippen LogP contribution in [0, 0.1) is 6.92 Å². The van der Waals surface area contributed by atoms with Crippen LogP contribution in [0.5, 0.6) is 0 Å². The van der Waals surface area contributed by atoms with Crippen molar-refractivity contribution in [2.24, 2.45) is 0 Å². The van der Waals surface area contributed by atoms with Gasteiger partial charge in [-0.15, -0.1) is 0 Å². The number of hydrogen-bond donors (Lipinski definition) is 2. The molecule has 1 fully saturated rings. The highest BCUT2D eigenvalue weighted by atomic mass is 15.1. The number of nitrogens with one attached hydrogen (secondary N) is 2. The lowest BCUT2D eigenvalue weighted by atomic mass is 10.1. The Labute approximate surface area is 146 Å². The Morgan fingerprint density at radius 1 is 1.16 bits per heavy atom. The molecule has 0 unspecified atom stereocenters. The number of nitrogens with zero attached hydrogens (tertiary/aromatic N) is 3. The summed E-state index contributed by atoms with van der Waals surface area (Å²) >= 11 is 0. The highest BCUT2D eigenvalue weighted by Crippen LogP contribution is 2.30. The molecule has 5 heteroatoms. The number of fused-ring (bicyclic) bond motifs is 2. The van der Waals surface area contributed by atoms with E-state index in [1.54, 1.807) is 0 Å². The second kappa shape index (κ2) is 5.43. The second-order valence-corrected chi connectivity index (χ2v) is 7.13. The molecule has 1 saturated carbocycles. The number of rotatable bonds is 4. The van der Waals surface area contributed by atoms with Crippen LogP contribution in [-0.2, 0) is 6.54 Å². The molecule has 1 aliphatic carbocycles. The van der Waals surface area contributed by atoms with E-state index in [0.717, 1.165) is 46.3 Å². The minimum absolute atomic E-state index is 0.764. The van der Waals surface area contributed by atoms with Gasteiger partial charge in [-0.3, -0.25) is 4.90 Å². The standard InChI is InChI=1S/C20H21N5/c1-12-22-19-16(7-8-21-20(19)23-12)18-10-14-9-13(3-6-17(14)24-18)11-25(2)15-4-5-15/h3,6-10,15,24H,4-5,11H2,1-2H3,(H,21,22,23). The van der Waals surface area contributed by atoms with Crippen LogP contribution in [0.3, 0.4) is 0 Å². The molecule has 5 nitrogen and oxygen atoms in total. The SMILES string of the molecule is Cc1nc2nccc(-c3cc4cc(CN(C)C5CC5)ccc4[nH]3)c2[nH]1. The molecule has 126 valence electrons. The summed E-state index contributed by atoms with van der Waals surface area (Å²) in [5.41, 5.74) is 6.48. The molecule has 0 amide bonds. The van der Waals surface area contributed by atoms with Crippen molar-refractivity contribution in [2.75, 3.05) is 7.05 Å². The topological polar surface area (TPSA) is 60.6 Å². The first-order chi connectivity index (χ1) is 12.2. The molecule has 4 aromatic rings. The highest BCUT2D eigenvalue weighted by molar-refractivity contribution is 5.94. The van der Waals surface area contributed by atoms with Gasteiger partial charge in [0.05, 0.1) is 5.52 Å². The Morgan fingerprint density at radius 3 is 2.88 bits per heavy atom. The molecule has 1 aliphatic rings. The van der Waals surface area contributed by atoms with Gasteiger partial charge >= 0.3 is 0 Å². The fourth-order valence-corrected chi connectivity index (χ4v) is 3.61. The van der Waals surface area contributed by atoms with E-state index < -0.39 is 0 Å². The molecule has 3 aromatic heterocycles. The number of aromatic nitrogens is 4. The van der Waals surface area contributed by atoms with Gasteiger partial charge in [0.25, 0.3) is 0 Å². The Hall–Kier alpha value is -2.66. The van der Waals surface area contributed by atoms with Crippen molar-refractivity contribution in [2.45, 2.75) is 32.4 Å². The molecule has 2 N–H and O–H groups in total. The Bertz CT molecular complexity index is 1070. The summed E-state index contributed by atoms with van der Waals surface area (Å²) in [6, 6.07) is 11.7. The lowest BCUT2D eigenvalue weighted by molar-refractivity contribution is 0.316. The van der Waals surface area contributed by atoms with E-state index in [4.69, 9.17) is 0 Å². The largest absolute Gasteiger partial charge is 0.354 e. The van der Waals surface area contributed by atoms with Gasteiger partial charge in [0, 0.05) is 40.9 Å². The zero-order chi connectivity index (χ0) is 17.0. The minimum Gasteiger partial charge on any atom is -0.354 e. The predicted molar refractivity (Wildman–Crippen MR) is 100 cm³/mol. The number of hydrogen-bond acceptors (Lipinski definition) is 3. The summed E-state index contributed by atoms with van der Waals surface area (Å²) in [6.07, 6.45) is 4.50. The first kappa shape index (κ1) is 14.7. The van der Waals surface area contributed by atoms with Gasteiger partial charge in [-0.05, 0) is 56.6 Å². The number of H-pyrrole nitrogens is 2. The average Bonchev–Trinajstić information content (AvgIpc) is 3.25. The van der Waals surface area contributed by atoms with Crippen LogP contribution in [0.25, 0.3) is 33.3 Å². The van der Waals surface area contributed by atoms with Crippen molar-refractivity contribution in [1.82, 2.24) is 24.8 Å². The summed E-state index contributed by atoms with van der Waals surface area (Å²) in [5.74, 6) is 0.886. The van der Waals surface area contributed by atoms with Crippen LogP contribution in [0.1, 0.15) is 24.2 Å². The van der Waals surface area contributed by atoms with Gasteiger partial charge in [0.15, 0.2) is 5.65 Å². The van der Waals surface area contributed by atoms with Crippen molar-refractivity contribution >= 4 is 22.1 Å². The van der Waals surface area contributed by atoms with Gasteiger partial charge in [-0.1, -0.05) is 6.07 Å². The fourth-order valence-electron chi connectivity index (χ4n) is 3.61. The van der Waals surface area contributed by atoms with E-state index in [-0.39, 0.29) is 0 Å². The monoisotopic (exact) mass is 331 g/mol. The van der Waals surface area contributed by atoms with Gasteiger partial charge in [-0.2, -0.15) is 0 Å². The molecule has 25 heavy (non-hydrogen) atoms. The van der Waals surface area contributed by atoms with Gasteiger partial charge in [0.2, 0.25) is 0 Å². The van der Waals surface area contributed by atoms with Gasteiger partial charge in [-0.25, -0.2) is 9.97 Å². The molecular weight excluding hydrogens is 310 g/mol. The quantitative estimate of drug-likeness (QED) is 0.594. The van der Waals surface area contributed by atoms with E-state index in [1.165, 1.54) is 23.8 Å². The van der Waals surface area contributed by atoms with Crippen molar-refractivity contribution in [3.05, 3.63) is 47.9 Å². The minimum atomic E-state index is 0.764. The van der Waals surface area contributed by atoms with Crippen molar-refractivity contribution < 1.29 is 0 Å². The summed E-state index contributed by atoms with van der Waals surface area (Å²) in [6.45, 7) is 2.97. The van der Waals surface area contributed by atoms with E-state index in [9.17, 15) is 0 Å². The van der Waals surface area contributed by atoms with Crippen LogP contribution >= 0.6 is 0 Å². The van der Waals surface area contributed by atoms with Crippen LogP contribution < -0.4 is 0 Å². The number of aromatic amines is 2. The normalized spacial score (nSPS) is 14.8. The number of imidazole rings is 1. The third-order valence-electron chi connectivity index (χ3n) is 5.09. The summed E-state index contributed by atoms with van der Waals surface area (Å²) in [5, 5.41) is 1.25. The molecule has 1 aromatic carbocycles. The lowest BCUT2D eigenvalue weighted by Crippen LogP contribution is -2.19. The highest BCUT2D eigenvalue weighted by Gasteiger charge is 2.25. The Morgan fingerprint density at radius 2 is 2.04 bits per heavy atom. The molecule has 3 heterocycles. The first-order valence-electron chi connectivity index (χ1n) is 8.81. The van der Waals surface area contributed by atoms with Crippen LogP contribution in [-0.4, -0.2) is 37.9 Å². The van der Waals surface area contributed by atoms with E-state index in [2.05, 4.69) is 56.1 Å². The maximum atomic E-state index is 4.44. The maximum absolute atomic E-state index is 4.44. The molecule has 0 saturated heterocycles. The first-order valence-corrected chi connectivity index (χ1v) is 8.81. The second-order valence-electron chi connectivity index (χ2n) is 7.13. The summed E-state index contributed by atoms with van der Waals surface area (Å²) in [7, 11) is 2.22. The van der Waals surface area contributed by atoms with Gasteiger partial charge in [0.1, 0.15) is 5.82 Å². The van der Waals surface area contributed by atoms with Gasteiger partial charge < -0.3 is 9.97 Å². The predicted octanol–water partition coefficient (Wildman–Crippen LogP) is 4.01. The Balaban J connectivity index is 1.55. The third-order valence-corrected chi connectivity index (χ3v) is 5.09. The number of aryl methyl sites for hydroxylation is 1. The smallest absolute Gasteiger partial charge is 0.178 e. The zero-order valence-electron chi connectivity index (χ0n) is 14.5. The van der Waals surface area contributed by atoms with E-state index in [1.807, 2.05) is 19.2 Å². The van der Waals surface area contributed by atoms with Crippen LogP contribution in [0.15, 0.2) is 36.5 Å². The third kappa shape index (κ3) is 2.61. The van der Waals surface area contributed by atoms with E-state index >= 15 is 0 Å². The molecular formula is C20H21N5. The lowest BCUT2D eigenvalue weighted by Gasteiger charge is -2.15. The average molecular weight is 331 g/mol. The maximum Gasteiger partial charge on any atom is 0.178 e. The summed E-state index contributed by atoms with van der Waals surface area (Å²) < 4.78 is 0. The molecule has 5 rings (SSSR count). The van der Waals surface area contributed by atoms with Crippen molar-refractivity contribution in [3.63, 3.8) is 0 Å². The van der Waals surface area contributed by atoms with Crippen LogP contribution in [0.4, 0.5) is 0 Å². The number of benzene rings is 1. The van der Waals surface area contributed by atoms with Crippen molar-refractivity contribution in [3.8, 4) is 11.3 Å². The van der Waals surface area contributed by atoms with E-state index in [0.29, 0.717) is 0 Å². The summed E-state index contributed by atoms with van der Waals surface area (Å²) in [4.78, 5) is 18.1. The zero-order valence-corrected chi connectivity index (χ0v) is 14.5. The Kier molecular flexibility index (Phi) is 3.18.